The summed E-state index contributed by atoms with van der Waals surface area (Å²) in [4.78, 5) is 22.2. The van der Waals surface area contributed by atoms with E-state index in [1.54, 1.807) is 0 Å². The molecule has 0 aromatic carbocycles. The molecule has 1 rings (SSSR count). The predicted octanol–water partition coefficient (Wildman–Crippen LogP) is 1.35. The lowest BCUT2D eigenvalue weighted by atomic mass is 9.94. The van der Waals surface area contributed by atoms with Gasteiger partial charge in [-0.15, -0.1) is 0 Å². The molecule has 0 aromatic heterocycles. The zero-order valence-corrected chi connectivity index (χ0v) is 10.5. The average molecular weight is 238 g/mol. The number of ether oxygens (including phenoxy) is 2. The van der Waals surface area contributed by atoms with Crippen molar-refractivity contribution >= 4 is 19.6 Å². The third kappa shape index (κ3) is 4.90. The Labute approximate surface area is 103 Å². The monoisotopic (exact) mass is 238 g/mol. The number of carbonyl (C=O) groups is 2. The van der Waals surface area contributed by atoms with Crippen molar-refractivity contribution < 1.29 is 19.1 Å². The van der Waals surface area contributed by atoms with Gasteiger partial charge in [0.15, 0.2) is 0 Å². The molecule has 5 heteroatoms. The molecule has 94 valence electrons. The van der Waals surface area contributed by atoms with Crippen molar-refractivity contribution in [1.82, 2.24) is 0 Å². The van der Waals surface area contributed by atoms with Crippen molar-refractivity contribution in [3.05, 3.63) is 0 Å². The number of rotatable bonds is 6. The Bertz CT molecular complexity index is 280. The van der Waals surface area contributed by atoms with E-state index in [1.165, 1.54) is 6.92 Å². The highest BCUT2D eigenvalue weighted by Gasteiger charge is 2.33. The second-order valence-electron chi connectivity index (χ2n) is 4.48. The molecule has 0 aromatic rings. The number of ketones is 1. The molecule has 1 aliphatic heterocycles. The number of esters is 1. The Hall–Kier alpha value is -0.835. The van der Waals surface area contributed by atoms with Crippen LogP contribution in [0.1, 0.15) is 46.0 Å². The Balaban J connectivity index is 2.31. The Morgan fingerprint density at radius 2 is 2.12 bits per heavy atom. The van der Waals surface area contributed by atoms with Crippen molar-refractivity contribution in [3.63, 3.8) is 0 Å². The Morgan fingerprint density at radius 3 is 2.71 bits per heavy atom. The first kappa shape index (κ1) is 14.2. The highest BCUT2D eigenvalue weighted by atomic mass is 16.6. The summed E-state index contributed by atoms with van der Waals surface area (Å²) in [6.45, 7) is 3.52. The van der Waals surface area contributed by atoms with Gasteiger partial charge in [0, 0.05) is 12.8 Å². The van der Waals surface area contributed by atoms with E-state index in [0.29, 0.717) is 6.42 Å². The predicted molar refractivity (Wildman–Crippen MR) is 63.7 cm³/mol. The van der Waals surface area contributed by atoms with Crippen LogP contribution in [0.2, 0.25) is 0 Å². The minimum Gasteiger partial charge on any atom is -0.460 e. The summed E-state index contributed by atoms with van der Waals surface area (Å²) in [5, 5.41) is 0. The van der Waals surface area contributed by atoms with Gasteiger partial charge in [-0.1, -0.05) is 13.3 Å². The molecule has 3 atom stereocenters. The van der Waals surface area contributed by atoms with Crippen LogP contribution in [0.5, 0.6) is 0 Å². The lowest BCUT2D eigenvalue weighted by molar-refractivity contribution is -0.150. The van der Waals surface area contributed by atoms with Gasteiger partial charge in [0.1, 0.15) is 19.7 Å². The summed E-state index contributed by atoms with van der Waals surface area (Å²) < 4.78 is 10.7. The fourth-order valence-corrected chi connectivity index (χ4v) is 1.89. The van der Waals surface area contributed by atoms with Crippen LogP contribution in [0, 0.1) is 0 Å². The van der Waals surface area contributed by atoms with Crippen molar-refractivity contribution in [2.24, 2.45) is 0 Å². The SMILES string of the molecule is [B]C1OC(CCC)CC1OC(=O)CCC(C)=O. The average Bonchev–Trinajstić information content (AvgIpc) is 2.57. The molecule has 0 N–H and O–H groups in total. The summed E-state index contributed by atoms with van der Waals surface area (Å²) in [5.41, 5.74) is 0. The van der Waals surface area contributed by atoms with E-state index in [2.05, 4.69) is 6.92 Å². The minimum absolute atomic E-state index is 0.0159. The van der Waals surface area contributed by atoms with Crippen LogP contribution in [-0.4, -0.2) is 37.8 Å². The highest BCUT2D eigenvalue weighted by molar-refractivity contribution is 6.11. The first-order valence-corrected chi connectivity index (χ1v) is 6.13. The summed E-state index contributed by atoms with van der Waals surface area (Å²) >= 11 is 0. The smallest absolute Gasteiger partial charge is 0.306 e. The van der Waals surface area contributed by atoms with Gasteiger partial charge in [0.2, 0.25) is 0 Å². The van der Waals surface area contributed by atoms with Gasteiger partial charge < -0.3 is 14.3 Å². The summed E-state index contributed by atoms with van der Waals surface area (Å²) in [5.74, 6) is -0.390. The minimum atomic E-state index is -0.534. The topological polar surface area (TPSA) is 52.6 Å². The maximum Gasteiger partial charge on any atom is 0.306 e. The molecule has 1 saturated heterocycles. The van der Waals surface area contributed by atoms with Crippen LogP contribution in [-0.2, 0) is 19.1 Å². The third-order valence-corrected chi connectivity index (χ3v) is 2.79. The van der Waals surface area contributed by atoms with Crippen LogP contribution in [0.15, 0.2) is 0 Å². The molecular formula is C12H19BO4. The van der Waals surface area contributed by atoms with Crippen molar-refractivity contribution in [3.8, 4) is 0 Å². The van der Waals surface area contributed by atoms with Gasteiger partial charge in [-0.25, -0.2) is 0 Å². The quantitative estimate of drug-likeness (QED) is 0.517. The Morgan fingerprint density at radius 1 is 1.41 bits per heavy atom. The molecule has 0 spiro atoms. The van der Waals surface area contributed by atoms with Crippen LogP contribution in [0.4, 0.5) is 0 Å². The standard InChI is InChI=1S/C12H19BO4/c1-3-4-9-7-10(12(13)16-9)17-11(15)6-5-8(2)14/h9-10,12H,3-7H2,1-2H3. The molecule has 3 unspecified atom stereocenters. The molecule has 17 heavy (non-hydrogen) atoms. The second-order valence-corrected chi connectivity index (χ2v) is 4.48. The van der Waals surface area contributed by atoms with E-state index < -0.39 is 6.00 Å². The molecule has 1 heterocycles. The molecule has 0 aliphatic carbocycles. The van der Waals surface area contributed by atoms with E-state index in [4.69, 9.17) is 17.3 Å². The molecule has 0 amide bonds. The van der Waals surface area contributed by atoms with Crippen molar-refractivity contribution in [2.75, 3.05) is 0 Å². The van der Waals surface area contributed by atoms with Gasteiger partial charge in [0.05, 0.1) is 18.5 Å². The number of carbonyl (C=O) groups excluding carboxylic acids is 2. The van der Waals surface area contributed by atoms with Crippen LogP contribution in [0.25, 0.3) is 0 Å². The summed E-state index contributed by atoms with van der Waals surface area (Å²) in [6.07, 6.45) is 2.65. The van der Waals surface area contributed by atoms with Crippen molar-refractivity contribution in [1.29, 1.82) is 0 Å². The van der Waals surface area contributed by atoms with E-state index in [-0.39, 0.29) is 36.8 Å². The van der Waals surface area contributed by atoms with Crippen LogP contribution < -0.4 is 0 Å². The molecule has 4 nitrogen and oxygen atoms in total. The fourth-order valence-electron chi connectivity index (χ4n) is 1.89. The first-order valence-electron chi connectivity index (χ1n) is 6.13. The molecule has 2 radical (unpaired) electrons. The maximum absolute atomic E-state index is 11.4. The van der Waals surface area contributed by atoms with E-state index in [9.17, 15) is 9.59 Å². The fraction of sp³-hybridized carbons (Fsp3) is 0.833. The third-order valence-electron chi connectivity index (χ3n) is 2.79. The largest absolute Gasteiger partial charge is 0.460 e. The van der Waals surface area contributed by atoms with Gasteiger partial charge in [-0.3, -0.25) is 4.79 Å². The molecule has 0 saturated carbocycles. The van der Waals surface area contributed by atoms with Crippen LogP contribution in [0.3, 0.4) is 0 Å². The van der Waals surface area contributed by atoms with E-state index >= 15 is 0 Å². The van der Waals surface area contributed by atoms with E-state index in [1.807, 2.05) is 0 Å². The molecule has 0 bridgehead atoms. The van der Waals surface area contributed by atoms with Gasteiger partial charge in [-0.2, -0.15) is 0 Å². The zero-order chi connectivity index (χ0) is 12.8. The van der Waals surface area contributed by atoms with Crippen LogP contribution >= 0.6 is 0 Å². The lowest BCUT2D eigenvalue weighted by Crippen LogP contribution is -2.27. The molecule has 1 fully saturated rings. The summed E-state index contributed by atoms with van der Waals surface area (Å²) in [7, 11) is 5.74. The number of hydrogen-bond acceptors (Lipinski definition) is 4. The van der Waals surface area contributed by atoms with E-state index in [0.717, 1.165) is 12.8 Å². The molecule has 1 aliphatic rings. The van der Waals surface area contributed by atoms with Gasteiger partial charge >= 0.3 is 5.97 Å². The van der Waals surface area contributed by atoms with Gasteiger partial charge in [0.25, 0.3) is 0 Å². The Kier molecular flexibility index (Phi) is 5.68. The zero-order valence-electron chi connectivity index (χ0n) is 10.5. The maximum atomic E-state index is 11.4. The normalized spacial score (nSPS) is 28.0. The number of hydrogen-bond donors (Lipinski definition) is 0. The number of Topliss-reactive ketones (excluding diaryl/α,β-unsaturated/α-hetero) is 1. The second kappa shape index (κ2) is 6.79. The molecular weight excluding hydrogens is 219 g/mol. The van der Waals surface area contributed by atoms with Gasteiger partial charge in [-0.05, 0) is 13.3 Å². The lowest BCUT2D eigenvalue weighted by Gasteiger charge is -2.15. The summed E-state index contributed by atoms with van der Waals surface area (Å²) in [6, 6.07) is -0.534. The van der Waals surface area contributed by atoms with Crippen molar-refractivity contribution in [2.45, 2.75) is 64.2 Å². The first-order chi connectivity index (χ1) is 8.02. The highest BCUT2D eigenvalue weighted by Crippen LogP contribution is 2.24.